The summed E-state index contributed by atoms with van der Waals surface area (Å²) in [6.45, 7) is -0.0264. The molecule has 7 nitrogen and oxygen atoms in total. The largest absolute Gasteiger partial charge is 0.497 e. The number of carbonyl (C=O) groups is 1. The fraction of sp³-hybridized carbons (Fsp3) is 0.250. The van der Waals surface area contributed by atoms with Crippen molar-refractivity contribution in [3.8, 4) is 17.1 Å². The standard InChI is InChI=1S/C20H19N3O4/c1-23-16(24)12-26-18(17(23)13-7-4-3-5-8-13)20-21-19(22-27-20)14-9-6-10-15(11-14)25-2/h3-11,17-18H,12H2,1-2H3/t17-,18+/m1/s1. The van der Waals surface area contributed by atoms with Crippen molar-refractivity contribution in [2.45, 2.75) is 12.1 Å². The fourth-order valence-electron chi connectivity index (χ4n) is 3.20. The van der Waals surface area contributed by atoms with Gasteiger partial charge in [0.2, 0.25) is 11.7 Å². The lowest BCUT2D eigenvalue weighted by atomic mass is 9.98. The second-order valence-electron chi connectivity index (χ2n) is 6.28. The number of hydrogen-bond donors (Lipinski definition) is 0. The van der Waals surface area contributed by atoms with E-state index in [2.05, 4.69) is 10.1 Å². The average Bonchev–Trinajstić information content (AvgIpc) is 3.20. The highest BCUT2D eigenvalue weighted by Crippen LogP contribution is 2.39. The lowest BCUT2D eigenvalue weighted by Crippen LogP contribution is -2.43. The Bertz CT molecular complexity index is 941. The van der Waals surface area contributed by atoms with Gasteiger partial charge in [-0.25, -0.2) is 0 Å². The van der Waals surface area contributed by atoms with Crippen molar-refractivity contribution in [1.29, 1.82) is 0 Å². The van der Waals surface area contributed by atoms with Crippen LogP contribution in [0.15, 0.2) is 59.1 Å². The maximum Gasteiger partial charge on any atom is 0.258 e. The van der Waals surface area contributed by atoms with Gasteiger partial charge in [0, 0.05) is 12.6 Å². The van der Waals surface area contributed by atoms with Crippen LogP contribution in [0.5, 0.6) is 5.75 Å². The van der Waals surface area contributed by atoms with Crippen LogP contribution in [-0.4, -0.2) is 41.7 Å². The molecule has 2 heterocycles. The highest BCUT2D eigenvalue weighted by Gasteiger charge is 2.40. The maximum absolute atomic E-state index is 12.2. The molecule has 2 atom stereocenters. The van der Waals surface area contributed by atoms with Crippen LogP contribution in [0, 0.1) is 0 Å². The molecule has 27 heavy (non-hydrogen) atoms. The Kier molecular flexibility index (Phi) is 4.60. The monoisotopic (exact) mass is 365 g/mol. The number of ether oxygens (including phenoxy) is 2. The first-order valence-electron chi connectivity index (χ1n) is 8.57. The molecular formula is C20H19N3O4. The molecule has 1 amide bonds. The van der Waals surface area contributed by atoms with Crippen molar-refractivity contribution >= 4 is 5.91 Å². The molecule has 0 bridgehead atoms. The SMILES string of the molecule is COc1cccc(-c2noc([C@H]3OCC(=O)N(C)[C@@H]3c3ccccc3)n2)c1. The molecule has 0 saturated carbocycles. The summed E-state index contributed by atoms with van der Waals surface area (Å²) in [5, 5.41) is 4.08. The van der Waals surface area contributed by atoms with E-state index < -0.39 is 6.10 Å². The molecule has 0 unspecified atom stereocenters. The lowest BCUT2D eigenvalue weighted by molar-refractivity contribution is -0.157. The summed E-state index contributed by atoms with van der Waals surface area (Å²) in [5.74, 6) is 1.40. The minimum Gasteiger partial charge on any atom is -0.497 e. The third kappa shape index (κ3) is 3.29. The number of methoxy groups -OCH3 is 1. The van der Waals surface area contributed by atoms with Gasteiger partial charge in [-0.2, -0.15) is 4.98 Å². The number of likely N-dealkylation sites (N-methyl/N-ethyl adjacent to an activating group) is 1. The second-order valence-corrected chi connectivity index (χ2v) is 6.28. The average molecular weight is 365 g/mol. The zero-order valence-corrected chi connectivity index (χ0v) is 15.0. The van der Waals surface area contributed by atoms with Crippen molar-refractivity contribution in [3.05, 3.63) is 66.1 Å². The lowest BCUT2D eigenvalue weighted by Gasteiger charge is -2.37. The quantitative estimate of drug-likeness (QED) is 0.707. The Labute approximate surface area is 156 Å². The van der Waals surface area contributed by atoms with Crippen LogP contribution in [-0.2, 0) is 9.53 Å². The van der Waals surface area contributed by atoms with E-state index in [-0.39, 0.29) is 18.6 Å². The Morgan fingerprint density at radius 2 is 1.96 bits per heavy atom. The van der Waals surface area contributed by atoms with E-state index in [0.717, 1.165) is 11.1 Å². The summed E-state index contributed by atoms with van der Waals surface area (Å²) < 4.78 is 16.5. The molecule has 0 N–H and O–H groups in total. The third-order valence-electron chi connectivity index (χ3n) is 4.64. The first-order valence-corrected chi connectivity index (χ1v) is 8.57. The summed E-state index contributed by atoms with van der Waals surface area (Å²) >= 11 is 0. The van der Waals surface area contributed by atoms with Crippen LogP contribution in [0.1, 0.15) is 23.6 Å². The zero-order valence-electron chi connectivity index (χ0n) is 15.0. The normalized spacial score (nSPS) is 19.9. The smallest absolute Gasteiger partial charge is 0.258 e. The molecule has 3 aromatic rings. The van der Waals surface area contributed by atoms with E-state index >= 15 is 0 Å². The fourth-order valence-corrected chi connectivity index (χ4v) is 3.20. The summed E-state index contributed by atoms with van der Waals surface area (Å²) in [6, 6.07) is 16.8. The number of aromatic nitrogens is 2. The van der Waals surface area contributed by atoms with Crippen LogP contribution < -0.4 is 4.74 Å². The zero-order chi connectivity index (χ0) is 18.8. The molecule has 1 saturated heterocycles. The minimum atomic E-state index is -0.540. The van der Waals surface area contributed by atoms with Crippen LogP contribution in [0.2, 0.25) is 0 Å². The van der Waals surface area contributed by atoms with E-state index in [1.807, 2.05) is 54.6 Å². The molecule has 1 fully saturated rings. The maximum atomic E-state index is 12.2. The number of hydrogen-bond acceptors (Lipinski definition) is 6. The predicted molar refractivity (Wildman–Crippen MR) is 96.9 cm³/mol. The molecule has 0 spiro atoms. The van der Waals surface area contributed by atoms with Gasteiger partial charge in [-0.05, 0) is 17.7 Å². The number of rotatable bonds is 4. The van der Waals surface area contributed by atoms with Gasteiger partial charge in [-0.1, -0.05) is 47.6 Å². The van der Waals surface area contributed by atoms with Crippen LogP contribution in [0.3, 0.4) is 0 Å². The summed E-state index contributed by atoms with van der Waals surface area (Å²) in [7, 11) is 3.36. The van der Waals surface area contributed by atoms with E-state index in [1.54, 1.807) is 19.1 Å². The van der Waals surface area contributed by atoms with Gasteiger partial charge in [0.1, 0.15) is 12.4 Å². The van der Waals surface area contributed by atoms with E-state index in [0.29, 0.717) is 17.5 Å². The van der Waals surface area contributed by atoms with Crippen LogP contribution in [0.4, 0.5) is 0 Å². The summed E-state index contributed by atoms with van der Waals surface area (Å²) in [4.78, 5) is 18.4. The minimum absolute atomic E-state index is 0.0264. The van der Waals surface area contributed by atoms with Gasteiger partial charge < -0.3 is 18.9 Å². The van der Waals surface area contributed by atoms with E-state index in [9.17, 15) is 4.79 Å². The van der Waals surface area contributed by atoms with Gasteiger partial charge in [-0.15, -0.1) is 0 Å². The molecular weight excluding hydrogens is 346 g/mol. The van der Waals surface area contributed by atoms with Crippen molar-refractivity contribution in [2.75, 3.05) is 20.8 Å². The van der Waals surface area contributed by atoms with Crippen molar-refractivity contribution in [1.82, 2.24) is 15.0 Å². The van der Waals surface area contributed by atoms with E-state index in [4.69, 9.17) is 14.0 Å². The molecule has 1 aliphatic rings. The second kappa shape index (κ2) is 7.20. The summed E-state index contributed by atoms with van der Waals surface area (Å²) in [5.41, 5.74) is 1.72. The van der Waals surface area contributed by atoms with Gasteiger partial charge in [0.15, 0.2) is 6.10 Å². The Hall–Kier alpha value is -3.19. The molecule has 1 aliphatic heterocycles. The van der Waals surface area contributed by atoms with Crippen molar-refractivity contribution in [2.24, 2.45) is 0 Å². The third-order valence-corrected chi connectivity index (χ3v) is 4.64. The van der Waals surface area contributed by atoms with Gasteiger partial charge in [-0.3, -0.25) is 4.79 Å². The predicted octanol–water partition coefficient (Wildman–Crippen LogP) is 3.02. The molecule has 1 aromatic heterocycles. The Morgan fingerprint density at radius 1 is 1.15 bits per heavy atom. The Balaban J connectivity index is 1.69. The van der Waals surface area contributed by atoms with E-state index in [1.165, 1.54) is 0 Å². The number of amides is 1. The van der Waals surface area contributed by atoms with Crippen molar-refractivity contribution < 1.29 is 18.8 Å². The van der Waals surface area contributed by atoms with Gasteiger partial charge >= 0.3 is 0 Å². The van der Waals surface area contributed by atoms with Crippen LogP contribution in [0.25, 0.3) is 11.4 Å². The molecule has 4 rings (SSSR count). The topological polar surface area (TPSA) is 77.7 Å². The first-order chi connectivity index (χ1) is 13.2. The number of benzene rings is 2. The number of carbonyl (C=O) groups excluding carboxylic acids is 1. The van der Waals surface area contributed by atoms with Gasteiger partial charge in [0.25, 0.3) is 5.89 Å². The first kappa shape index (κ1) is 17.2. The molecule has 0 aliphatic carbocycles. The molecule has 0 radical (unpaired) electrons. The summed E-state index contributed by atoms with van der Waals surface area (Å²) in [6.07, 6.45) is -0.540. The molecule has 138 valence electrons. The molecule has 2 aromatic carbocycles. The van der Waals surface area contributed by atoms with Gasteiger partial charge in [0.05, 0.1) is 13.2 Å². The number of nitrogens with zero attached hydrogens (tertiary/aromatic N) is 3. The van der Waals surface area contributed by atoms with Crippen LogP contribution >= 0.6 is 0 Å². The highest BCUT2D eigenvalue weighted by atomic mass is 16.5. The number of morpholine rings is 1. The highest BCUT2D eigenvalue weighted by molar-refractivity contribution is 5.78. The van der Waals surface area contributed by atoms with Crippen molar-refractivity contribution in [3.63, 3.8) is 0 Å². The molecule has 7 heteroatoms. The Morgan fingerprint density at radius 3 is 2.74 bits per heavy atom.